The van der Waals surface area contributed by atoms with Crippen LogP contribution in [-0.2, 0) is 10.0 Å². The second-order valence-electron chi connectivity index (χ2n) is 6.49. The third kappa shape index (κ3) is 5.59. The Morgan fingerprint density at radius 2 is 1.67 bits per heavy atom. The van der Waals surface area contributed by atoms with Gasteiger partial charge < -0.3 is 4.90 Å². The molecule has 27 heavy (non-hydrogen) atoms. The molecule has 0 radical (unpaired) electrons. The van der Waals surface area contributed by atoms with E-state index in [-0.39, 0.29) is 9.92 Å². The van der Waals surface area contributed by atoms with Crippen LogP contribution in [0.2, 0.25) is 10.0 Å². The lowest BCUT2D eigenvalue weighted by molar-refractivity contribution is 0.255. The van der Waals surface area contributed by atoms with Crippen LogP contribution in [0.25, 0.3) is 0 Å². The monoisotopic (exact) mass is 427 g/mol. The number of hydrogen-bond acceptors (Lipinski definition) is 4. The number of hydrogen-bond donors (Lipinski definition) is 1. The molecule has 2 aromatic carbocycles. The second-order valence-corrected chi connectivity index (χ2v) is 9.07. The topological polar surface area (TPSA) is 52.7 Å². The molecule has 3 rings (SSSR count). The van der Waals surface area contributed by atoms with Gasteiger partial charge in [0.25, 0.3) is 0 Å². The van der Waals surface area contributed by atoms with Crippen molar-refractivity contribution in [2.24, 2.45) is 0 Å². The Kier molecular flexibility index (Phi) is 7.00. The number of piperazine rings is 1. The standard InChI is InChI=1S/C19H23Cl2N3O2S/c20-16-7-8-18(21)19(15-16)27(25,26)22-9-4-10-23-11-13-24(14-12-23)17-5-2-1-3-6-17/h1-3,5-8,15,22H,4,9-14H2. The summed E-state index contributed by atoms with van der Waals surface area (Å²) < 4.78 is 27.4. The van der Waals surface area contributed by atoms with E-state index in [0.717, 1.165) is 39.1 Å². The van der Waals surface area contributed by atoms with Crippen LogP contribution >= 0.6 is 23.2 Å². The minimum Gasteiger partial charge on any atom is -0.369 e. The molecule has 1 saturated heterocycles. The first-order valence-corrected chi connectivity index (χ1v) is 11.2. The summed E-state index contributed by atoms with van der Waals surface area (Å²) >= 11 is 11.9. The number of halogens is 2. The molecule has 1 heterocycles. The molecule has 0 amide bonds. The normalized spacial score (nSPS) is 15.9. The van der Waals surface area contributed by atoms with Gasteiger partial charge in [-0.3, -0.25) is 4.90 Å². The summed E-state index contributed by atoms with van der Waals surface area (Å²) in [4.78, 5) is 4.76. The summed E-state index contributed by atoms with van der Waals surface area (Å²) in [5, 5.41) is 0.514. The minimum absolute atomic E-state index is 0.0214. The Morgan fingerprint density at radius 3 is 2.37 bits per heavy atom. The molecule has 0 spiro atoms. The van der Waals surface area contributed by atoms with Crippen LogP contribution in [0.1, 0.15) is 6.42 Å². The molecule has 1 fully saturated rings. The third-order valence-electron chi connectivity index (χ3n) is 4.62. The fourth-order valence-electron chi connectivity index (χ4n) is 3.14. The summed E-state index contributed by atoms with van der Waals surface area (Å²) in [6.07, 6.45) is 0.739. The molecular formula is C19H23Cl2N3O2S. The lowest BCUT2D eigenvalue weighted by Crippen LogP contribution is -2.47. The minimum atomic E-state index is -3.65. The van der Waals surface area contributed by atoms with Gasteiger partial charge >= 0.3 is 0 Å². The highest BCUT2D eigenvalue weighted by Gasteiger charge is 2.19. The summed E-state index contributed by atoms with van der Waals surface area (Å²) in [6.45, 7) is 5.13. The van der Waals surface area contributed by atoms with Crippen molar-refractivity contribution < 1.29 is 8.42 Å². The van der Waals surface area contributed by atoms with E-state index >= 15 is 0 Å². The average Bonchev–Trinajstić information content (AvgIpc) is 2.68. The van der Waals surface area contributed by atoms with Crippen molar-refractivity contribution in [3.8, 4) is 0 Å². The second kappa shape index (κ2) is 9.26. The van der Waals surface area contributed by atoms with Crippen LogP contribution in [-0.4, -0.2) is 52.6 Å². The predicted octanol–water partition coefficient (Wildman–Crippen LogP) is 3.48. The number of rotatable bonds is 7. The molecule has 0 unspecified atom stereocenters. The number of sulfonamides is 1. The lowest BCUT2D eigenvalue weighted by atomic mass is 10.2. The van der Waals surface area contributed by atoms with Crippen molar-refractivity contribution in [3.05, 3.63) is 58.6 Å². The highest BCUT2D eigenvalue weighted by Crippen LogP contribution is 2.24. The van der Waals surface area contributed by atoms with E-state index in [1.54, 1.807) is 6.07 Å². The summed E-state index contributed by atoms with van der Waals surface area (Å²) in [5.74, 6) is 0. The molecule has 5 nitrogen and oxygen atoms in total. The molecule has 0 saturated carbocycles. The first-order chi connectivity index (χ1) is 13.0. The van der Waals surface area contributed by atoms with Gasteiger partial charge in [-0.05, 0) is 43.3 Å². The van der Waals surface area contributed by atoms with Crippen molar-refractivity contribution in [1.82, 2.24) is 9.62 Å². The van der Waals surface area contributed by atoms with E-state index in [2.05, 4.69) is 38.8 Å². The first kappa shape index (κ1) is 20.4. The highest BCUT2D eigenvalue weighted by molar-refractivity contribution is 7.89. The molecule has 0 aromatic heterocycles. The fourth-order valence-corrected chi connectivity index (χ4v) is 4.97. The van der Waals surface area contributed by atoms with Crippen LogP contribution < -0.4 is 9.62 Å². The molecule has 0 atom stereocenters. The van der Waals surface area contributed by atoms with Gasteiger partial charge in [0.2, 0.25) is 10.0 Å². The third-order valence-corrected chi connectivity index (χ3v) is 6.80. The van der Waals surface area contributed by atoms with Crippen LogP contribution in [0.15, 0.2) is 53.4 Å². The smallest absolute Gasteiger partial charge is 0.242 e. The van der Waals surface area contributed by atoms with Crippen molar-refractivity contribution in [3.63, 3.8) is 0 Å². The number of anilines is 1. The largest absolute Gasteiger partial charge is 0.369 e. The van der Waals surface area contributed by atoms with Gasteiger partial charge in [0, 0.05) is 43.4 Å². The molecule has 1 aliphatic heterocycles. The van der Waals surface area contributed by atoms with Gasteiger partial charge in [0.05, 0.1) is 5.02 Å². The molecule has 146 valence electrons. The Hall–Kier alpha value is -1.31. The fraction of sp³-hybridized carbons (Fsp3) is 0.368. The van der Waals surface area contributed by atoms with E-state index in [1.807, 2.05) is 6.07 Å². The molecule has 1 aliphatic rings. The SMILES string of the molecule is O=S(=O)(NCCCN1CCN(c2ccccc2)CC1)c1cc(Cl)ccc1Cl. The molecule has 0 aliphatic carbocycles. The summed E-state index contributed by atoms with van der Waals surface area (Å²) in [6, 6.07) is 14.8. The number of nitrogens with zero attached hydrogens (tertiary/aromatic N) is 2. The van der Waals surface area contributed by atoms with Gasteiger partial charge in [-0.2, -0.15) is 0 Å². The maximum atomic E-state index is 12.4. The molecule has 1 N–H and O–H groups in total. The van der Waals surface area contributed by atoms with Crippen molar-refractivity contribution in [2.45, 2.75) is 11.3 Å². The average molecular weight is 428 g/mol. The van der Waals surface area contributed by atoms with Crippen molar-refractivity contribution >= 4 is 38.9 Å². The van der Waals surface area contributed by atoms with Gasteiger partial charge in [-0.15, -0.1) is 0 Å². The molecule has 2 aromatic rings. The Bertz CT molecular complexity index is 855. The zero-order valence-electron chi connectivity index (χ0n) is 14.9. The zero-order chi connectivity index (χ0) is 19.3. The number of nitrogens with one attached hydrogen (secondary N) is 1. The van der Waals surface area contributed by atoms with E-state index in [4.69, 9.17) is 23.2 Å². The van der Waals surface area contributed by atoms with Crippen LogP contribution in [0, 0.1) is 0 Å². The van der Waals surface area contributed by atoms with Crippen molar-refractivity contribution in [1.29, 1.82) is 0 Å². The maximum Gasteiger partial charge on any atom is 0.242 e. The molecule has 0 bridgehead atoms. The Labute approximate surface area is 170 Å². The van der Waals surface area contributed by atoms with E-state index < -0.39 is 10.0 Å². The van der Waals surface area contributed by atoms with Gasteiger partial charge in [-0.1, -0.05) is 41.4 Å². The number of benzene rings is 2. The lowest BCUT2D eigenvalue weighted by Gasteiger charge is -2.36. The highest BCUT2D eigenvalue weighted by atomic mass is 35.5. The Morgan fingerprint density at radius 1 is 0.963 bits per heavy atom. The van der Waals surface area contributed by atoms with Crippen LogP contribution in [0.3, 0.4) is 0 Å². The first-order valence-electron chi connectivity index (χ1n) is 8.93. The van der Waals surface area contributed by atoms with Crippen molar-refractivity contribution in [2.75, 3.05) is 44.2 Å². The Balaban J connectivity index is 1.42. The summed E-state index contributed by atoms with van der Waals surface area (Å²) in [5.41, 5.74) is 1.25. The molecule has 8 heteroatoms. The van der Waals surface area contributed by atoms with Gasteiger partial charge in [0.1, 0.15) is 4.90 Å². The zero-order valence-corrected chi connectivity index (χ0v) is 17.3. The predicted molar refractivity (Wildman–Crippen MR) is 111 cm³/mol. The summed E-state index contributed by atoms with van der Waals surface area (Å²) in [7, 11) is -3.65. The van der Waals surface area contributed by atoms with E-state index in [0.29, 0.717) is 11.6 Å². The van der Waals surface area contributed by atoms with E-state index in [1.165, 1.54) is 17.8 Å². The van der Waals surface area contributed by atoms with Crippen LogP contribution in [0.5, 0.6) is 0 Å². The van der Waals surface area contributed by atoms with E-state index in [9.17, 15) is 8.42 Å². The number of para-hydroxylation sites is 1. The maximum absolute atomic E-state index is 12.4. The quantitative estimate of drug-likeness (QED) is 0.687. The molecular weight excluding hydrogens is 405 g/mol. The van der Waals surface area contributed by atoms with Crippen LogP contribution in [0.4, 0.5) is 5.69 Å². The van der Waals surface area contributed by atoms with Gasteiger partial charge in [-0.25, -0.2) is 13.1 Å². The van der Waals surface area contributed by atoms with Gasteiger partial charge in [0.15, 0.2) is 0 Å².